The number of hydrogen-bond acceptors (Lipinski definition) is 4. The zero-order valence-electron chi connectivity index (χ0n) is 17.5. The number of ether oxygens (including phenoxy) is 1. The summed E-state index contributed by atoms with van der Waals surface area (Å²) in [7, 11) is 0. The van der Waals surface area contributed by atoms with E-state index in [2.05, 4.69) is 33.2 Å². The molecule has 8 heteroatoms. The molecule has 1 atom stereocenters. The summed E-state index contributed by atoms with van der Waals surface area (Å²) in [5.74, 6) is -1.98. The van der Waals surface area contributed by atoms with Gasteiger partial charge in [0.05, 0.1) is 6.42 Å². The van der Waals surface area contributed by atoms with Gasteiger partial charge in [-0.25, -0.2) is 4.79 Å². The summed E-state index contributed by atoms with van der Waals surface area (Å²) in [6.07, 6.45) is -1.42. The zero-order chi connectivity index (χ0) is 23.4. The number of benzene rings is 3. The van der Waals surface area contributed by atoms with Crippen molar-refractivity contribution in [2.75, 3.05) is 11.9 Å². The lowest BCUT2D eigenvalue weighted by atomic mass is 9.98. The fraction of sp³-hybridized carbons (Fsp3) is 0.160. The van der Waals surface area contributed by atoms with E-state index in [4.69, 9.17) is 4.74 Å². The second-order valence-electron chi connectivity index (χ2n) is 7.62. The Morgan fingerprint density at radius 1 is 0.939 bits per heavy atom. The molecule has 3 aromatic carbocycles. The minimum absolute atomic E-state index is 0.0676. The van der Waals surface area contributed by atoms with Crippen molar-refractivity contribution >= 4 is 46.2 Å². The molecular formula is C25H21IN2O5. The molecule has 0 heterocycles. The van der Waals surface area contributed by atoms with E-state index in [1.54, 1.807) is 18.2 Å². The molecule has 0 saturated carbocycles. The van der Waals surface area contributed by atoms with E-state index in [0.717, 1.165) is 25.8 Å². The molecule has 3 aromatic rings. The van der Waals surface area contributed by atoms with Crippen molar-refractivity contribution < 1.29 is 24.2 Å². The van der Waals surface area contributed by atoms with Crippen LogP contribution in [0.3, 0.4) is 0 Å². The van der Waals surface area contributed by atoms with Gasteiger partial charge in [-0.3, -0.25) is 9.59 Å². The van der Waals surface area contributed by atoms with E-state index >= 15 is 0 Å². The first kappa shape index (κ1) is 22.8. The quantitative estimate of drug-likeness (QED) is 0.369. The van der Waals surface area contributed by atoms with Crippen molar-refractivity contribution in [1.82, 2.24) is 5.32 Å². The third-order valence-electron chi connectivity index (χ3n) is 5.42. The molecule has 0 bridgehead atoms. The van der Waals surface area contributed by atoms with Crippen LogP contribution < -0.4 is 10.6 Å². The molecule has 7 nitrogen and oxygen atoms in total. The highest BCUT2D eigenvalue weighted by Gasteiger charge is 2.30. The Hall–Kier alpha value is -3.40. The average molecular weight is 556 g/mol. The molecule has 0 radical (unpaired) electrons. The third kappa shape index (κ3) is 5.33. The lowest BCUT2D eigenvalue weighted by Gasteiger charge is -2.19. The minimum atomic E-state index is -1.28. The number of nitrogens with one attached hydrogen (secondary N) is 2. The van der Waals surface area contributed by atoms with E-state index in [1.807, 2.05) is 54.6 Å². The first-order valence-electron chi connectivity index (χ1n) is 10.3. The maximum Gasteiger partial charge on any atom is 0.407 e. The molecule has 0 aromatic heterocycles. The van der Waals surface area contributed by atoms with Gasteiger partial charge in [-0.2, -0.15) is 0 Å². The van der Waals surface area contributed by atoms with Gasteiger partial charge in [-0.15, -0.1) is 0 Å². The standard InChI is InChI=1S/C25H21IN2O5/c26-15-6-5-7-16(12-15)27-24(31)22(13-23(29)30)28-25(32)33-14-21-19-10-3-1-8-17(19)18-9-2-4-11-20(18)21/h1-12,21-22H,13-14H2,(H,27,31)(H,28,32)(H,29,30). The number of anilines is 1. The number of alkyl carbamates (subject to hydrolysis) is 1. The van der Waals surface area contributed by atoms with Crippen molar-refractivity contribution in [2.24, 2.45) is 0 Å². The number of halogens is 1. The predicted molar refractivity (Wildman–Crippen MR) is 132 cm³/mol. The Kier molecular flexibility index (Phi) is 6.93. The molecule has 33 heavy (non-hydrogen) atoms. The monoisotopic (exact) mass is 556 g/mol. The summed E-state index contributed by atoms with van der Waals surface area (Å²) in [6.45, 7) is 0.0676. The van der Waals surface area contributed by atoms with Gasteiger partial charge in [0, 0.05) is 15.2 Å². The normalized spacial score (nSPS) is 12.9. The summed E-state index contributed by atoms with van der Waals surface area (Å²) in [5, 5.41) is 14.2. The van der Waals surface area contributed by atoms with Crippen LogP contribution in [0.5, 0.6) is 0 Å². The largest absolute Gasteiger partial charge is 0.481 e. The van der Waals surface area contributed by atoms with E-state index < -0.39 is 30.4 Å². The Bertz CT molecular complexity index is 1170. The smallest absolute Gasteiger partial charge is 0.407 e. The Labute approximate surface area is 204 Å². The van der Waals surface area contributed by atoms with Crippen molar-refractivity contribution in [3.63, 3.8) is 0 Å². The number of carbonyl (C=O) groups excluding carboxylic acids is 2. The molecule has 4 rings (SSSR count). The van der Waals surface area contributed by atoms with Crippen LogP contribution in [-0.2, 0) is 14.3 Å². The fourth-order valence-corrected chi connectivity index (χ4v) is 4.50. The zero-order valence-corrected chi connectivity index (χ0v) is 19.6. The van der Waals surface area contributed by atoms with Crippen LogP contribution in [0.15, 0.2) is 72.8 Å². The summed E-state index contributed by atoms with van der Waals surface area (Å²) < 4.78 is 6.35. The van der Waals surface area contributed by atoms with Crippen LogP contribution in [0.25, 0.3) is 11.1 Å². The summed E-state index contributed by atoms with van der Waals surface area (Å²) in [4.78, 5) is 36.4. The van der Waals surface area contributed by atoms with Crippen LogP contribution in [0.2, 0.25) is 0 Å². The molecule has 1 unspecified atom stereocenters. The molecule has 1 aliphatic rings. The van der Waals surface area contributed by atoms with Gasteiger partial charge in [0.25, 0.3) is 0 Å². The van der Waals surface area contributed by atoms with Gasteiger partial charge in [-0.05, 0) is 63.0 Å². The molecular weight excluding hydrogens is 535 g/mol. The number of aliphatic carboxylic acids is 1. The number of carboxylic acid groups (broad SMARTS) is 1. The molecule has 0 aliphatic heterocycles. The van der Waals surface area contributed by atoms with Crippen molar-refractivity contribution in [1.29, 1.82) is 0 Å². The third-order valence-corrected chi connectivity index (χ3v) is 6.09. The summed E-state index contributed by atoms with van der Waals surface area (Å²) in [5.41, 5.74) is 4.83. The van der Waals surface area contributed by atoms with Crippen molar-refractivity contribution in [3.05, 3.63) is 87.5 Å². The Balaban J connectivity index is 1.43. The van der Waals surface area contributed by atoms with Gasteiger partial charge >= 0.3 is 12.1 Å². The maximum absolute atomic E-state index is 12.6. The number of carboxylic acids is 1. The maximum atomic E-state index is 12.6. The minimum Gasteiger partial charge on any atom is -0.481 e. The number of amides is 2. The van der Waals surface area contributed by atoms with Crippen LogP contribution >= 0.6 is 22.6 Å². The Morgan fingerprint density at radius 2 is 1.58 bits per heavy atom. The van der Waals surface area contributed by atoms with Gasteiger partial charge in [0.15, 0.2) is 0 Å². The summed E-state index contributed by atoms with van der Waals surface area (Å²) >= 11 is 2.10. The van der Waals surface area contributed by atoms with Crippen LogP contribution in [0.4, 0.5) is 10.5 Å². The van der Waals surface area contributed by atoms with Gasteiger partial charge in [0.2, 0.25) is 5.91 Å². The molecule has 0 saturated heterocycles. The van der Waals surface area contributed by atoms with E-state index in [9.17, 15) is 19.5 Å². The SMILES string of the molecule is O=C(O)CC(NC(=O)OCC1c2ccccc2-c2ccccc21)C(=O)Nc1cccc(I)c1. The van der Waals surface area contributed by atoms with E-state index in [1.165, 1.54) is 0 Å². The number of rotatable bonds is 7. The highest BCUT2D eigenvalue weighted by molar-refractivity contribution is 14.1. The highest BCUT2D eigenvalue weighted by Crippen LogP contribution is 2.44. The highest BCUT2D eigenvalue weighted by atomic mass is 127. The van der Waals surface area contributed by atoms with E-state index in [-0.39, 0.29) is 12.5 Å². The molecule has 168 valence electrons. The molecule has 0 fully saturated rings. The first-order chi connectivity index (χ1) is 15.9. The summed E-state index contributed by atoms with van der Waals surface area (Å²) in [6, 6.07) is 21.7. The van der Waals surface area contributed by atoms with Crippen molar-refractivity contribution in [3.8, 4) is 11.1 Å². The Morgan fingerprint density at radius 3 is 2.18 bits per heavy atom. The lowest BCUT2D eigenvalue weighted by Crippen LogP contribution is -2.45. The average Bonchev–Trinajstić information content (AvgIpc) is 3.11. The molecule has 0 spiro atoms. The topological polar surface area (TPSA) is 105 Å². The van der Waals surface area contributed by atoms with Gasteiger partial charge < -0.3 is 20.5 Å². The van der Waals surface area contributed by atoms with Crippen LogP contribution in [0.1, 0.15) is 23.5 Å². The molecule has 1 aliphatic carbocycles. The second-order valence-corrected chi connectivity index (χ2v) is 8.87. The first-order valence-corrected chi connectivity index (χ1v) is 11.4. The van der Waals surface area contributed by atoms with Gasteiger partial charge in [-0.1, -0.05) is 54.6 Å². The number of carbonyl (C=O) groups is 3. The second kappa shape index (κ2) is 10.0. The van der Waals surface area contributed by atoms with Crippen LogP contribution in [-0.4, -0.2) is 35.7 Å². The van der Waals surface area contributed by atoms with E-state index in [0.29, 0.717) is 5.69 Å². The van der Waals surface area contributed by atoms with Crippen molar-refractivity contribution in [2.45, 2.75) is 18.4 Å². The predicted octanol–water partition coefficient (Wildman–Crippen LogP) is 4.61. The number of hydrogen-bond donors (Lipinski definition) is 3. The lowest BCUT2D eigenvalue weighted by molar-refractivity contribution is -0.139. The van der Waals surface area contributed by atoms with Gasteiger partial charge in [0.1, 0.15) is 12.6 Å². The van der Waals surface area contributed by atoms with Crippen LogP contribution in [0, 0.1) is 3.57 Å². The number of fused-ring (bicyclic) bond motifs is 3. The molecule has 2 amide bonds. The molecule has 3 N–H and O–H groups in total. The fourth-order valence-electron chi connectivity index (χ4n) is 3.96.